The lowest BCUT2D eigenvalue weighted by Crippen LogP contribution is -2.29. The smallest absolute Gasteiger partial charge is 0.319 e. The molecule has 2 aromatic carbocycles. The number of aromatic nitrogens is 2. The lowest BCUT2D eigenvalue weighted by atomic mass is 9.92. The standard InChI is InChI=1S/C22H24Cl2N4O2/c1-22(2,3)20-11-18(28(27-20)17-6-4-5-15(23)9-17)12-25-21(30)26-16-8-7-14(13-29)19(24)10-16/h4-11,29H,12-13H2,1-3H3,(H2,25,26,30). The number of urea groups is 1. The third-order valence-corrected chi connectivity index (χ3v) is 5.10. The summed E-state index contributed by atoms with van der Waals surface area (Å²) in [6.07, 6.45) is 0. The zero-order valence-corrected chi connectivity index (χ0v) is 18.6. The molecule has 1 heterocycles. The topological polar surface area (TPSA) is 79.2 Å². The molecule has 3 rings (SSSR count). The highest BCUT2D eigenvalue weighted by atomic mass is 35.5. The predicted octanol–water partition coefficient (Wildman–Crippen LogP) is 5.29. The molecule has 0 bridgehead atoms. The Labute approximate surface area is 185 Å². The van der Waals surface area contributed by atoms with Crippen molar-refractivity contribution in [3.8, 4) is 5.69 Å². The van der Waals surface area contributed by atoms with E-state index < -0.39 is 0 Å². The molecule has 30 heavy (non-hydrogen) atoms. The number of amides is 2. The molecule has 6 nitrogen and oxygen atoms in total. The van der Waals surface area contributed by atoms with Gasteiger partial charge in [-0.3, -0.25) is 0 Å². The molecular weight excluding hydrogens is 423 g/mol. The second kappa shape index (κ2) is 9.08. The summed E-state index contributed by atoms with van der Waals surface area (Å²) in [6, 6.07) is 14.0. The summed E-state index contributed by atoms with van der Waals surface area (Å²) in [5.41, 5.74) is 3.54. The van der Waals surface area contributed by atoms with Crippen LogP contribution >= 0.6 is 23.2 Å². The van der Waals surface area contributed by atoms with E-state index in [0.29, 0.717) is 21.3 Å². The maximum atomic E-state index is 12.4. The summed E-state index contributed by atoms with van der Waals surface area (Å²) in [4.78, 5) is 12.4. The van der Waals surface area contributed by atoms with Gasteiger partial charge in [-0.05, 0) is 42.0 Å². The van der Waals surface area contributed by atoms with E-state index in [2.05, 4.69) is 31.4 Å². The molecule has 3 N–H and O–H groups in total. The number of aliphatic hydroxyl groups excluding tert-OH is 1. The van der Waals surface area contributed by atoms with Crippen molar-refractivity contribution in [2.24, 2.45) is 0 Å². The Morgan fingerprint density at radius 3 is 2.53 bits per heavy atom. The van der Waals surface area contributed by atoms with Gasteiger partial charge in [0.2, 0.25) is 0 Å². The SMILES string of the molecule is CC(C)(C)c1cc(CNC(=O)Nc2ccc(CO)c(Cl)c2)n(-c2cccc(Cl)c2)n1. The molecule has 0 aliphatic heterocycles. The Hall–Kier alpha value is -2.54. The van der Waals surface area contributed by atoms with E-state index in [-0.39, 0.29) is 24.6 Å². The minimum absolute atomic E-state index is 0.147. The van der Waals surface area contributed by atoms with Crippen molar-refractivity contribution in [3.05, 3.63) is 75.5 Å². The number of hydrogen-bond acceptors (Lipinski definition) is 3. The van der Waals surface area contributed by atoms with Gasteiger partial charge in [-0.15, -0.1) is 0 Å². The first kappa shape index (κ1) is 22.2. The number of aliphatic hydroxyl groups is 1. The van der Waals surface area contributed by atoms with Gasteiger partial charge >= 0.3 is 6.03 Å². The molecule has 3 aromatic rings. The Kier molecular flexibility index (Phi) is 6.71. The molecule has 0 radical (unpaired) electrons. The van der Waals surface area contributed by atoms with Gasteiger partial charge in [-0.25, -0.2) is 9.48 Å². The van der Waals surface area contributed by atoms with Crippen LogP contribution in [0.5, 0.6) is 0 Å². The Morgan fingerprint density at radius 2 is 1.90 bits per heavy atom. The molecule has 1 aromatic heterocycles. The van der Waals surface area contributed by atoms with Gasteiger partial charge in [0.05, 0.1) is 30.2 Å². The number of nitrogens with zero attached hydrogens (tertiary/aromatic N) is 2. The number of nitrogens with one attached hydrogen (secondary N) is 2. The maximum Gasteiger partial charge on any atom is 0.319 e. The molecular formula is C22H24Cl2N4O2. The van der Waals surface area contributed by atoms with Crippen molar-refractivity contribution < 1.29 is 9.90 Å². The number of hydrogen-bond donors (Lipinski definition) is 3. The zero-order chi connectivity index (χ0) is 21.9. The maximum absolute atomic E-state index is 12.4. The van der Waals surface area contributed by atoms with Gasteiger partial charge in [0.1, 0.15) is 0 Å². The molecule has 2 amide bonds. The fourth-order valence-electron chi connectivity index (χ4n) is 2.84. The minimum atomic E-state index is -0.376. The van der Waals surface area contributed by atoms with Crippen LogP contribution in [0.25, 0.3) is 5.69 Å². The Bertz CT molecular complexity index is 1060. The number of rotatable bonds is 5. The fraction of sp³-hybridized carbons (Fsp3) is 0.273. The Morgan fingerprint density at radius 1 is 1.13 bits per heavy atom. The van der Waals surface area contributed by atoms with E-state index in [1.54, 1.807) is 28.9 Å². The molecule has 8 heteroatoms. The molecule has 0 unspecified atom stereocenters. The van der Waals surface area contributed by atoms with E-state index in [1.807, 2.05) is 24.3 Å². The molecule has 0 spiro atoms. The summed E-state index contributed by atoms with van der Waals surface area (Å²) in [5.74, 6) is 0. The van der Waals surface area contributed by atoms with Crippen LogP contribution in [0.3, 0.4) is 0 Å². The number of anilines is 1. The quantitative estimate of drug-likeness (QED) is 0.497. The van der Waals surface area contributed by atoms with Crippen LogP contribution in [0.4, 0.5) is 10.5 Å². The average molecular weight is 447 g/mol. The second-order valence-corrected chi connectivity index (χ2v) is 8.78. The third kappa shape index (κ3) is 5.33. The summed E-state index contributed by atoms with van der Waals surface area (Å²) in [7, 11) is 0. The van der Waals surface area contributed by atoms with E-state index in [9.17, 15) is 9.90 Å². The average Bonchev–Trinajstić information content (AvgIpc) is 3.11. The third-order valence-electron chi connectivity index (χ3n) is 4.52. The van der Waals surface area contributed by atoms with E-state index in [4.69, 9.17) is 28.3 Å². The van der Waals surface area contributed by atoms with Crippen molar-refractivity contribution in [1.82, 2.24) is 15.1 Å². The number of carbonyl (C=O) groups is 1. The first-order chi connectivity index (χ1) is 14.2. The lowest BCUT2D eigenvalue weighted by molar-refractivity contribution is 0.251. The molecule has 0 saturated heterocycles. The molecule has 0 aliphatic carbocycles. The van der Waals surface area contributed by atoms with E-state index in [0.717, 1.165) is 17.1 Å². The number of carbonyl (C=O) groups excluding carboxylic acids is 1. The van der Waals surface area contributed by atoms with Crippen LogP contribution in [0.2, 0.25) is 10.0 Å². The lowest BCUT2D eigenvalue weighted by Gasteiger charge is -2.14. The van der Waals surface area contributed by atoms with Crippen molar-refractivity contribution in [3.63, 3.8) is 0 Å². The fourth-order valence-corrected chi connectivity index (χ4v) is 3.27. The summed E-state index contributed by atoms with van der Waals surface area (Å²) >= 11 is 12.2. The highest BCUT2D eigenvalue weighted by Crippen LogP contribution is 2.25. The van der Waals surface area contributed by atoms with Gasteiger partial charge in [-0.1, -0.05) is 56.1 Å². The number of halogens is 2. The molecule has 0 aliphatic rings. The molecule has 0 fully saturated rings. The van der Waals surface area contributed by atoms with Crippen molar-refractivity contribution in [2.45, 2.75) is 39.3 Å². The van der Waals surface area contributed by atoms with Gasteiger partial charge in [0.25, 0.3) is 0 Å². The Balaban J connectivity index is 1.77. The van der Waals surface area contributed by atoms with Gasteiger partial charge in [-0.2, -0.15) is 5.10 Å². The number of benzene rings is 2. The normalized spacial score (nSPS) is 11.4. The second-order valence-electron chi connectivity index (χ2n) is 7.93. The minimum Gasteiger partial charge on any atom is -0.392 e. The van der Waals surface area contributed by atoms with Crippen molar-refractivity contribution in [2.75, 3.05) is 5.32 Å². The summed E-state index contributed by atoms with van der Waals surface area (Å²) in [5, 5.41) is 20.5. The van der Waals surface area contributed by atoms with Crippen LogP contribution in [-0.4, -0.2) is 20.9 Å². The first-order valence-electron chi connectivity index (χ1n) is 9.47. The highest BCUT2D eigenvalue weighted by Gasteiger charge is 2.21. The van der Waals surface area contributed by atoms with E-state index in [1.165, 1.54) is 0 Å². The summed E-state index contributed by atoms with van der Waals surface area (Å²) in [6.45, 7) is 6.36. The van der Waals surface area contributed by atoms with Crippen molar-refractivity contribution >= 4 is 34.9 Å². The van der Waals surface area contributed by atoms with E-state index >= 15 is 0 Å². The van der Waals surface area contributed by atoms with Gasteiger partial charge in [0, 0.05) is 21.1 Å². The first-order valence-corrected chi connectivity index (χ1v) is 10.2. The molecule has 0 atom stereocenters. The van der Waals surface area contributed by atoms with Crippen LogP contribution in [0.15, 0.2) is 48.5 Å². The van der Waals surface area contributed by atoms with Crippen LogP contribution in [0, 0.1) is 0 Å². The zero-order valence-electron chi connectivity index (χ0n) is 17.0. The largest absolute Gasteiger partial charge is 0.392 e. The van der Waals surface area contributed by atoms with Crippen molar-refractivity contribution in [1.29, 1.82) is 0 Å². The molecule has 0 saturated carbocycles. The summed E-state index contributed by atoms with van der Waals surface area (Å²) < 4.78 is 1.79. The van der Waals surface area contributed by atoms with Gasteiger partial charge < -0.3 is 15.7 Å². The van der Waals surface area contributed by atoms with Crippen LogP contribution < -0.4 is 10.6 Å². The predicted molar refractivity (Wildman–Crippen MR) is 121 cm³/mol. The highest BCUT2D eigenvalue weighted by molar-refractivity contribution is 6.31. The van der Waals surface area contributed by atoms with Gasteiger partial charge in [0.15, 0.2) is 0 Å². The molecule has 158 valence electrons. The van der Waals surface area contributed by atoms with Crippen LogP contribution in [-0.2, 0) is 18.6 Å². The monoisotopic (exact) mass is 446 g/mol. The van der Waals surface area contributed by atoms with Crippen LogP contribution in [0.1, 0.15) is 37.7 Å².